The number of aryl methyl sites for hydroxylation is 2. The lowest BCUT2D eigenvalue weighted by Gasteiger charge is -2.31. The summed E-state index contributed by atoms with van der Waals surface area (Å²) in [7, 11) is 0. The first kappa shape index (κ1) is 20.7. The van der Waals surface area contributed by atoms with E-state index in [1.807, 2.05) is 31.2 Å². The van der Waals surface area contributed by atoms with Crippen molar-refractivity contribution in [2.24, 2.45) is 5.92 Å². The molecule has 1 aliphatic rings. The van der Waals surface area contributed by atoms with Crippen LogP contribution in [0.15, 0.2) is 29.1 Å². The van der Waals surface area contributed by atoms with E-state index >= 15 is 0 Å². The summed E-state index contributed by atoms with van der Waals surface area (Å²) in [6, 6.07) is 7.62. The van der Waals surface area contributed by atoms with E-state index in [0.29, 0.717) is 25.5 Å². The number of likely N-dealkylation sites (tertiary alicyclic amines) is 1. The fraction of sp³-hybridized carbons (Fsp3) is 0.476. The molecule has 2 aromatic rings. The second-order valence-corrected chi connectivity index (χ2v) is 7.25. The minimum Gasteiger partial charge on any atom is -0.466 e. The number of carbonyl (C=O) groups is 2. The van der Waals surface area contributed by atoms with Crippen molar-refractivity contribution < 1.29 is 14.3 Å². The number of aromatic amines is 1. The van der Waals surface area contributed by atoms with E-state index in [1.54, 1.807) is 11.8 Å². The molecule has 0 radical (unpaired) electrons. The summed E-state index contributed by atoms with van der Waals surface area (Å²) in [4.78, 5) is 41.3. The minimum absolute atomic E-state index is 0.0945. The van der Waals surface area contributed by atoms with E-state index in [2.05, 4.69) is 15.2 Å². The van der Waals surface area contributed by atoms with E-state index in [-0.39, 0.29) is 41.9 Å². The third-order valence-electron chi connectivity index (χ3n) is 5.03. The smallest absolute Gasteiger partial charge is 0.310 e. The van der Waals surface area contributed by atoms with E-state index in [1.165, 1.54) is 0 Å². The topological polar surface area (TPSA) is 105 Å². The second-order valence-electron chi connectivity index (χ2n) is 7.25. The zero-order valence-electron chi connectivity index (χ0n) is 16.8. The number of hydrogen-bond acceptors (Lipinski definition) is 6. The van der Waals surface area contributed by atoms with Crippen molar-refractivity contribution in [2.75, 3.05) is 19.7 Å². The molecule has 3 rings (SSSR count). The van der Waals surface area contributed by atoms with Gasteiger partial charge in [-0.25, -0.2) is 0 Å². The molecule has 0 bridgehead atoms. The van der Waals surface area contributed by atoms with Gasteiger partial charge in [-0.05, 0) is 32.8 Å². The Bertz CT molecular complexity index is 940. The van der Waals surface area contributed by atoms with E-state index < -0.39 is 0 Å². The van der Waals surface area contributed by atoms with E-state index in [4.69, 9.17) is 4.74 Å². The van der Waals surface area contributed by atoms with Crippen molar-refractivity contribution >= 4 is 11.9 Å². The molecule has 1 N–H and O–H groups in total. The number of rotatable bonds is 6. The lowest BCUT2D eigenvalue weighted by molar-refractivity contribution is -0.151. The van der Waals surface area contributed by atoms with Crippen molar-refractivity contribution in [1.82, 2.24) is 20.1 Å². The Hall–Kier alpha value is -3.03. The first-order valence-corrected chi connectivity index (χ1v) is 9.95. The Labute approximate surface area is 169 Å². The quantitative estimate of drug-likeness (QED) is 0.745. The Morgan fingerprint density at radius 2 is 2.14 bits per heavy atom. The van der Waals surface area contributed by atoms with Crippen LogP contribution >= 0.6 is 0 Å². The van der Waals surface area contributed by atoms with Crippen LogP contribution in [0.2, 0.25) is 0 Å². The molecule has 8 heteroatoms. The van der Waals surface area contributed by atoms with Crippen LogP contribution in [0.3, 0.4) is 0 Å². The largest absolute Gasteiger partial charge is 0.466 e. The number of amides is 1. The van der Waals surface area contributed by atoms with Crippen molar-refractivity contribution in [3.63, 3.8) is 0 Å². The summed E-state index contributed by atoms with van der Waals surface area (Å²) in [5.74, 6) is -0.214. The monoisotopic (exact) mass is 398 g/mol. The maximum absolute atomic E-state index is 12.5. The number of H-pyrrole nitrogens is 1. The van der Waals surface area contributed by atoms with Gasteiger partial charge in [0.05, 0.1) is 12.5 Å². The second kappa shape index (κ2) is 9.45. The molecule has 1 saturated heterocycles. The number of ether oxygens (including phenoxy) is 1. The van der Waals surface area contributed by atoms with Gasteiger partial charge in [0.2, 0.25) is 5.91 Å². The number of nitrogens with zero attached hydrogens (tertiary/aromatic N) is 3. The van der Waals surface area contributed by atoms with Gasteiger partial charge in [0.1, 0.15) is 5.69 Å². The van der Waals surface area contributed by atoms with Gasteiger partial charge in [-0.3, -0.25) is 14.4 Å². The predicted octanol–water partition coefficient (Wildman–Crippen LogP) is 1.87. The van der Waals surface area contributed by atoms with E-state index in [9.17, 15) is 14.4 Å². The highest BCUT2D eigenvalue weighted by Crippen LogP contribution is 2.19. The molecule has 0 spiro atoms. The molecule has 0 saturated carbocycles. The highest BCUT2D eigenvalue weighted by atomic mass is 16.5. The van der Waals surface area contributed by atoms with Crippen LogP contribution in [0.25, 0.3) is 11.4 Å². The molecule has 29 heavy (non-hydrogen) atoms. The van der Waals surface area contributed by atoms with E-state index in [0.717, 1.165) is 24.0 Å². The van der Waals surface area contributed by atoms with Crippen LogP contribution in [0.4, 0.5) is 0 Å². The lowest BCUT2D eigenvalue weighted by atomic mass is 9.98. The molecule has 1 aromatic carbocycles. The van der Waals surface area contributed by atoms with Gasteiger partial charge in [-0.15, -0.1) is 10.2 Å². The molecule has 1 amide bonds. The molecule has 1 fully saturated rings. The zero-order valence-corrected chi connectivity index (χ0v) is 16.8. The number of aromatic nitrogens is 3. The minimum atomic E-state index is -0.340. The Morgan fingerprint density at radius 3 is 2.86 bits per heavy atom. The summed E-state index contributed by atoms with van der Waals surface area (Å²) in [5.41, 5.74) is 1.74. The van der Waals surface area contributed by atoms with Gasteiger partial charge in [0, 0.05) is 31.5 Å². The lowest BCUT2D eigenvalue weighted by Crippen LogP contribution is -2.43. The first-order chi connectivity index (χ1) is 14.0. The fourth-order valence-electron chi connectivity index (χ4n) is 3.49. The summed E-state index contributed by atoms with van der Waals surface area (Å²) in [6.45, 7) is 5.05. The van der Waals surface area contributed by atoms with Crippen LogP contribution in [0.5, 0.6) is 0 Å². The van der Waals surface area contributed by atoms with Crippen LogP contribution in [0, 0.1) is 12.8 Å². The number of piperidine rings is 1. The number of benzene rings is 1. The number of esters is 1. The Morgan fingerprint density at radius 1 is 1.31 bits per heavy atom. The highest BCUT2D eigenvalue weighted by molar-refractivity contribution is 5.78. The normalized spacial score (nSPS) is 16.5. The summed E-state index contributed by atoms with van der Waals surface area (Å²) in [5, 5.41) is 8.14. The van der Waals surface area contributed by atoms with Gasteiger partial charge in [0.15, 0.2) is 5.82 Å². The van der Waals surface area contributed by atoms with Crippen LogP contribution in [-0.4, -0.2) is 51.7 Å². The van der Waals surface area contributed by atoms with Crippen LogP contribution in [-0.2, 0) is 20.7 Å². The molecule has 154 valence electrons. The molecule has 0 unspecified atom stereocenters. The van der Waals surface area contributed by atoms with Crippen LogP contribution in [0.1, 0.15) is 37.4 Å². The summed E-state index contributed by atoms with van der Waals surface area (Å²) < 4.78 is 5.07. The number of hydrogen-bond donors (Lipinski definition) is 1. The molecule has 1 atom stereocenters. The fourth-order valence-corrected chi connectivity index (χ4v) is 3.49. The Kier molecular flexibility index (Phi) is 6.74. The first-order valence-electron chi connectivity index (χ1n) is 9.95. The molecular weight excluding hydrogens is 372 g/mol. The number of carbonyl (C=O) groups excluding carboxylic acids is 2. The molecule has 0 aliphatic carbocycles. The summed E-state index contributed by atoms with van der Waals surface area (Å²) >= 11 is 0. The summed E-state index contributed by atoms with van der Waals surface area (Å²) in [6.07, 6.45) is 1.85. The molecule has 1 aromatic heterocycles. The molecule has 2 heterocycles. The van der Waals surface area contributed by atoms with Crippen molar-refractivity contribution in [3.8, 4) is 11.4 Å². The average molecular weight is 398 g/mol. The Balaban J connectivity index is 1.60. The van der Waals surface area contributed by atoms with Gasteiger partial charge in [-0.2, -0.15) is 0 Å². The van der Waals surface area contributed by atoms with Gasteiger partial charge >= 0.3 is 5.97 Å². The van der Waals surface area contributed by atoms with Crippen LogP contribution < -0.4 is 5.56 Å². The van der Waals surface area contributed by atoms with Crippen molar-refractivity contribution in [1.29, 1.82) is 0 Å². The third kappa shape index (κ3) is 5.28. The van der Waals surface area contributed by atoms with Crippen molar-refractivity contribution in [3.05, 3.63) is 45.9 Å². The SMILES string of the molecule is CCOC(=O)[C@H]1CCCN(C(=O)CCc2nnc(-c3cccc(C)c3)[nH]c2=O)C1. The third-order valence-corrected chi connectivity index (χ3v) is 5.03. The van der Waals surface area contributed by atoms with Gasteiger partial charge in [-0.1, -0.05) is 23.8 Å². The average Bonchev–Trinajstić information content (AvgIpc) is 2.73. The van der Waals surface area contributed by atoms with Crippen molar-refractivity contribution in [2.45, 2.75) is 39.5 Å². The maximum atomic E-state index is 12.5. The molecule has 1 aliphatic heterocycles. The standard InChI is InChI=1S/C21H26N4O4/c1-3-29-21(28)16-8-5-11-25(13-16)18(26)10-9-17-20(27)22-19(24-23-17)15-7-4-6-14(2)12-15/h4,6-7,12,16H,3,5,8-11,13H2,1-2H3,(H,22,24,27)/t16-/m0/s1. The van der Waals surface area contributed by atoms with Gasteiger partial charge in [0.25, 0.3) is 5.56 Å². The molecule has 8 nitrogen and oxygen atoms in total. The number of nitrogens with one attached hydrogen (secondary N) is 1. The maximum Gasteiger partial charge on any atom is 0.310 e. The van der Waals surface area contributed by atoms with Gasteiger partial charge < -0.3 is 14.6 Å². The zero-order chi connectivity index (χ0) is 20.8. The molecular formula is C21H26N4O4. The highest BCUT2D eigenvalue weighted by Gasteiger charge is 2.29. The predicted molar refractivity (Wildman–Crippen MR) is 107 cm³/mol.